The van der Waals surface area contributed by atoms with Crippen molar-refractivity contribution in [3.63, 3.8) is 0 Å². The first-order chi connectivity index (χ1) is 9.60. The van der Waals surface area contributed by atoms with Gasteiger partial charge in [0.25, 0.3) is 5.91 Å². The van der Waals surface area contributed by atoms with Crippen LogP contribution in [-0.4, -0.2) is 29.8 Å². The lowest BCUT2D eigenvalue weighted by Gasteiger charge is -2.19. The monoisotopic (exact) mass is 279 g/mol. The number of amides is 1. The molecule has 0 saturated heterocycles. The van der Waals surface area contributed by atoms with Crippen LogP contribution in [0.3, 0.4) is 0 Å². The van der Waals surface area contributed by atoms with Crippen molar-refractivity contribution < 1.29 is 14.6 Å². The first-order valence-corrected chi connectivity index (χ1v) is 7.27. The van der Waals surface area contributed by atoms with E-state index >= 15 is 0 Å². The van der Waals surface area contributed by atoms with E-state index in [1.54, 1.807) is 6.92 Å². The maximum Gasteiger partial charge on any atom is 0.260 e. The fourth-order valence-electron chi connectivity index (χ4n) is 1.93. The average molecular weight is 279 g/mol. The molecule has 0 aromatic heterocycles. The van der Waals surface area contributed by atoms with Crippen LogP contribution in [0.5, 0.6) is 5.75 Å². The number of benzene rings is 1. The highest BCUT2D eigenvalue weighted by Gasteiger charge is 2.17. The molecule has 112 valence electrons. The minimum atomic E-state index is -0.515. The van der Waals surface area contributed by atoms with E-state index in [1.807, 2.05) is 24.3 Å². The Hall–Kier alpha value is -1.55. The predicted octanol–water partition coefficient (Wildman–Crippen LogP) is 2.29. The molecule has 1 aromatic carbocycles. The van der Waals surface area contributed by atoms with Crippen molar-refractivity contribution >= 4 is 5.91 Å². The van der Waals surface area contributed by atoms with Crippen LogP contribution >= 0.6 is 0 Å². The molecule has 1 amide bonds. The fourth-order valence-corrected chi connectivity index (χ4v) is 1.93. The van der Waals surface area contributed by atoms with Gasteiger partial charge in [0.15, 0.2) is 6.10 Å². The fraction of sp³-hybridized carbons (Fsp3) is 0.562. The first kappa shape index (κ1) is 16.5. The van der Waals surface area contributed by atoms with Crippen LogP contribution in [0.25, 0.3) is 0 Å². The van der Waals surface area contributed by atoms with Gasteiger partial charge in [0.05, 0.1) is 0 Å². The number of aliphatic hydroxyl groups excluding tert-OH is 1. The van der Waals surface area contributed by atoms with Gasteiger partial charge >= 0.3 is 0 Å². The molecule has 1 rings (SSSR count). The minimum Gasteiger partial charge on any atom is -0.481 e. The third-order valence-electron chi connectivity index (χ3n) is 3.34. The summed E-state index contributed by atoms with van der Waals surface area (Å²) in [4.78, 5) is 12.0. The summed E-state index contributed by atoms with van der Waals surface area (Å²) in [6.07, 6.45) is 1.96. The third-order valence-corrected chi connectivity index (χ3v) is 3.34. The highest BCUT2D eigenvalue weighted by Crippen LogP contribution is 2.14. The summed E-state index contributed by atoms with van der Waals surface area (Å²) in [6.45, 7) is 5.99. The van der Waals surface area contributed by atoms with Gasteiger partial charge in [0.2, 0.25) is 0 Å². The lowest BCUT2D eigenvalue weighted by Crippen LogP contribution is -2.42. The van der Waals surface area contributed by atoms with Crippen LogP contribution < -0.4 is 10.1 Å². The van der Waals surface area contributed by atoms with Gasteiger partial charge in [-0.25, -0.2) is 0 Å². The molecule has 1 aromatic rings. The van der Waals surface area contributed by atoms with Crippen LogP contribution in [-0.2, 0) is 11.2 Å². The lowest BCUT2D eigenvalue weighted by atomic mass is 10.1. The Kier molecular flexibility index (Phi) is 7.09. The van der Waals surface area contributed by atoms with Gasteiger partial charge in [0, 0.05) is 12.6 Å². The second kappa shape index (κ2) is 8.59. The molecule has 0 saturated carbocycles. The minimum absolute atomic E-state index is 0.0851. The molecule has 4 heteroatoms. The number of hydrogen-bond acceptors (Lipinski definition) is 3. The Morgan fingerprint density at radius 2 is 1.85 bits per heavy atom. The van der Waals surface area contributed by atoms with Crippen LogP contribution in [0.15, 0.2) is 24.3 Å². The van der Waals surface area contributed by atoms with E-state index in [1.165, 1.54) is 0 Å². The Balaban J connectivity index is 2.52. The second-order valence-corrected chi connectivity index (χ2v) is 4.90. The van der Waals surface area contributed by atoms with Gasteiger partial charge in [-0.05, 0) is 43.9 Å². The van der Waals surface area contributed by atoms with Crippen LogP contribution in [0, 0.1) is 0 Å². The van der Waals surface area contributed by atoms with E-state index in [9.17, 15) is 4.79 Å². The number of aliphatic hydroxyl groups is 1. The molecule has 0 spiro atoms. The van der Waals surface area contributed by atoms with Gasteiger partial charge in [-0.2, -0.15) is 0 Å². The molecule has 4 nitrogen and oxygen atoms in total. The summed E-state index contributed by atoms with van der Waals surface area (Å²) >= 11 is 0. The normalized spacial score (nSPS) is 12.2. The first-order valence-electron chi connectivity index (χ1n) is 7.27. The molecule has 1 atom stereocenters. The van der Waals surface area contributed by atoms with Gasteiger partial charge in [-0.1, -0.05) is 26.0 Å². The van der Waals surface area contributed by atoms with Crippen molar-refractivity contribution in [2.75, 3.05) is 6.61 Å². The molecule has 0 aliphatic carbocycles. The highest BCUT2D eigenvalue weighted by atomic mass is 16.5. The molecule has 20 heavy (non-hydrogen) atoms. The van der Waals surface area contributed by atoms with Gasteiger partial charge in [-0.15, -0.1) is 0 Å². The summed E-state index contributed by atoms with van der Waals surface area (Å²) in [5, 5.41) is 11.8. The molecule has 0 radical (unpaired) electrons. The molecule has 0 aliphatic heterocycles. The predicted molar refractivity (Wildman–Crippen MR) is 79.8 cm³/mol. The van der Waals surface area contributed by atoms with E-state index < -0.39 is 6.10 Å². The molecule has 0 aliphatic rings. The lowest BCUT2D eigenvalue weighted by molar-refractivity contribution is -0.128. The van der Waals surface area contributed by atoms with Crippen LogP contribution in [0.1, 0.15) is 39.2 Å². The average Bonchev–Trinajstić information content (AvgIpc) is 2.46. The molecule has 0 fully saturated rings. The smallest absolute Gasteiger partial charge is 0.260 e. The summed E-state index contributed by atoms with van der Waals surface area (Å²) in [6, 6.07) is 7.66. The summed E-state index contributed by atoms with van der Waals surface area (Å²) in [7, 11) is 0. The summed E-state index contributed by atoms with van der Waals surface area (Å²) in [5.41, 5.74) is 1.05. The topological polar surface area (TPSA) is 58.6 Å². The number of rotatable bonds is 8. The van der Waals surface area contributed by atoms with E-state index in [0.29, 0.717) is 12.2 Å². The zero-order valence-corrected chi connectivity index (χ0v) is 12.6. The molecule has 1 unspecified atom stereocenters. The largest absolute Gasteiger partial charge is 0.481 e. The molecule has 0 bridgehead atoms. The van der Waals surface area contributed by atoms with Crippen molar-refractivity contribution in [3.05, 3.63) is 29.8 Å². The van der Waals surface area contributed by atoms with E-state index in [4.69, 9.17) is 9.84 Å². The van der Waals surface area contributed by atoms with Crippen LogP contribution in [0.2, 0.25) is 0 Å². The van der Waals surface area contributed by atoms with E-state index in [2.05, 4.69) is 19.2 Å². The molecular weight excluding hydrogens is 254 g/mol. The Morgan fingerprint density at radius 3 is 2.35 bits per heavy atom. The van der Waals surface area contributed by atoms with Crippen molar-refractivity contribution in [3.8, 4) is 5.75 Å². The van der Waals surface area contributed by atoms with Gasteiger partial charge in [-0.3, -0.25) is 4.79 Å². The SMILES string of the molecule is CCC(CC)NC(=O)C(C)Oc1ccc(CCO)cc1. The Labute approximate surface area is 121 Å². The maximum atomic E-state index is 12.0. The maximum absolute atomic E-state index is 12.0. The number of carbonyl (C=O) groups excluding carboxylic acids is 1. The van der Waals surface area contributed by atoms with Gasteiger partial charge in [0.1, 0.15) is 5.75 Å². The van der Waals surface area contributed by atoms with Crippen molar-refractivity contribution in [1.29, 1.82) is 0 Å². The second-order valence-electron chi connectivity index (χ2n) is 4.90. The number of nitrogens with one attached hydrogen (secondary N) is 1. The highest BCUT2D eigenvalue weighted by molar-refractivity contribution is 5.81. The number of carbonyl (C=O) groups is 1. The third kappa shape index (κ3) is 5.21. The summed E-state index contributed by atoms with van der Waals surface area (Å²) in [5.74, 6) is 0.581. The zero-order chi connectivity index (χ0) is 15.0. The Bertz CT molecular complexity index is 399. The van der Waals surface area contributed by atoms with E-state index in [0.717, 1.165) is 18.4 Å². The number of ether oxygens (including phenoxy) is 1. The zero-order valence-electron chi connectivity index (χ0n) is 12.6. The molecule has 0 heterocycles. The van der Waals surface area contributed by atoms with Crippen molar-refractivity contribution in [1.82, 2.24) is 5.32 Å². The van der Waals surface area contributed by atoms with Crippen molar-refractivity contribution in [2.24, 2.45) is 0 Å². The van der Waals surface area contributed by atoms with Crippen LogP contribution in [0.4, 0.5) is 0 Å². The standard InChI is InChI=1S/C16H25NO3/c1-4-14(5-2)17-16(19)12(3)20-15-8-6-13(7-9-15)10-11-18/h6-9,12,14,18H,4-5,10-11H2,1-3H3,(H,17,19). The summed E-state index contributed by atoms with van der Waals surface area (Å²) < 4.78 is 5.62. The number of hydrogen-bond donors (Lipinski definition) is 2. The molecule has 2 N–H and O–H groups in total. The van der Waals surface area contributed by atoms with Gasteiger partial charge < -0.3 is 15.2 Å². The quantitative estimate of drug-likeness (QED) is 0.767. The Morgan fingerprint density at radius 1 is 1.25 bits per heavy atom. The van der Waals surface area contributed by atoms with E-state index in [-0.39, 0.29) is 18.6 Å². The van der Waals surface area contributed by atoms with Crippen molar-refractivity contribution in [2.45, 2.75) is 52.2 Å². The molecular formula is C16H25NO3.